The third kappa shape index (κ3) is 2.69. The Balaban J connectivity index is 3.22. The minimum Gasteiger partial charge on any atom is -0.492 e. The third-order valence-electron chi connectivity index (χ3n) is 1.92. The van der Waals surface area contributed by atoms with Crippen LogP contribution >= 0.6 is 22.6 Å². The molecule has 0 saturated heterocycles. The van der Waals surface area contributed by atoms with Crippen molar-refractivity contribution in [2.75, 3.05) is 6.61 Å². The number of hydrogen-bond acceptors (Lipinski definition) is 4. The number of aromatic amines is 1. The van der Waals surface area contributed by atoms with E-state index in [9.17, 15) is 9.90 Å². The summed E-state index contributed by atoms with van der Waals surface area (Å²) in [4.78, 5) is 17.9. The largest absolute Gasteiger partial charge is 0.492 e. The fourth-order valence-electron chi connectivity index (χ4n) is 1.16. The fraction of sp³-hybridized carbons (Fsp3) is 0.556. The lowest BCUT2D eigenvalue weighted by Gasteiger charge is -2.23. The van der Waals surface area contributed by atoms with E-state index in [2.05, 4.69) is 9.97 Å². The molecule has 0 spiro atoms. The lowest BCUT2D eigenvalue weighted by Crippen LogP contribution is -2.28. The van der Waals surface area contributed by atoms with Gasteiger partial charge < -0.3 is 14.8 Å². The van der Waals surface area contributed by atoms with Crippen LogP contribution in [0.4, 0.5) is 0 Å². The van der Waals surface area contributed by atoms with Crippen LogP contribution in [0.3, 0.4) is 0 Å². The van der Waals surface area contributed by atoms with Gasteiger partial charge >= 0.3 is 0 Å². The molecule has 0 aliphatic rings. The number of nitrogens with one attached hydrogen (secondary N) is 1. The molecule has 0 unspecified atom stereocenters. The number of nitrogens with zero attached hydrogens (tertiary/aromatic N) is 1. The Hall–Kier alpha value is -0.630. The van der Waals surface area contributed by atoms with Gasteiger partial charge in [-0.3, -0.25) is 4.79 Å². The minimum atomic E-state index is -0.713. The number of aromatic nitrogens is 2. The maximum absolute atomic E-state index is 11.4. The van der Waals surface area contributed by atoms with Crippen LogP contribution < -0.4 is 5.56 Å². The van der Waals surface area contributed by atoms with Crippen LogP contribution in [0.1, 0.15) is 26.6 Å². The number of H-pyrrole nitrogens is 1. The van der Waals surface area contributed by atoms with Gasteiger partial charge in [0.1, 0.15) is 15.0 Å². The normalized spacial score (nSPS) is 11.7. The van der Waals surface area contributed by atoms with Gasteiger partial charge in [0.25, 0.3) is 5.56 Å². The Morgan fingerprint density at radius 3 is 2.67 bits per heavy atom. The number of halogens is 1. The molecule has 0 amide bonds. The molecule has 84 valence electrons. The van der Waals surface area contributed by atoms with Crippen LogP contribution in [-0.4, -0.2) is 21.7 Å². The van der Waals surface area contributed by atoms with Gasteiger partial charge in [0.2, 0.25) is 5.88 Å². The average molecular weight is 324 g/mol. The fourth-order valence-corrected chi connectivity index (χ4v) is 1.42. The van der Waals surface area contributed by atoms with E-state index in [1.54, 1.807) is 36.4 Å². The average Bonchev–Trinajstić information content (AvgIpc) is 2.13. The molecule has 2 N–H and O–H groups in total. The molecule has 0 aliphatic heterocycles. The van der Waals surface area contributed by atoms with E-state index in [0.29, 0.717) is 12.4 Å². The lowest BCUT2D eigenvalue weighted by atomic mass is 10.1. The first-order valence-corrected chi connectivity index (χ1v) is 5.59. The molecule has 0 aromatic carbocycles. The molecule has 0 aliphatic carbocycles. The van der Waals surface area contributed by atoms with Crippen LogP contribution in [0.15, 0.2) is 4.79 Å². The highest BCUT2D eigenvalue weighted by Gasteiger charge is 2.25. The molecular weight excluding hydrogens is 311 g/mol. The van der Waals surface area contributed by atoms with Crippen molar-refractivity contribution in [1.82, 2.24) is 9.97 Å². The smallest absolute Gasteiger partial charge is 0.268 e. The van der Waals surface area contributed by atoms with Crippen molar-refractivity contribution in [1.29, 1.82) is 0 Å². The summed E-state index contributed by atoms with van der Waals surface area (Å²) in [6.07, 6.45) is 0. The van der Waals surface area contributed by atoms with E-state index in [1.807, 2.05) is 6.92 Å². The number of aromatic hydroxyl groups is 1. The maximum Gasteiger partial charge on any atom is 0.268 e. The lowest BCUT2D eigenvalue weighted by molar-refractivity contribution is -0.0214. The second-order valence-electron chi connectivity index (χ2n) is 3.50. The summed E-state index contributed by atoms with van der Waals surface area (Å²) in [6, 6.07) is 0. The highest BCUT2D eigenvalue weighted by Crippen LogP contribution is 2.22. The molecule has 15 heavy (non-hydrogen) atoms. The van der Waals surface area contributed by atoms with E-state index in [0.717, 1.165) is 0 Å². The Kier molecular flexibility index (Phi) is 3.72. The van der Waals surface area contributed by atoms with Gasteiger partial charge in [-0.1, -0.05) is 0 Å². The molecule has 0 radical (unpaired) electrons. The summed E-state index contributed by atoms with van der Waals surface area (Å²) < 4.78 is 5.60. The highest BCUT2D eigenvalue weighted by atomic mass is 127. The van der Waals surface area contributed by atoms with Crippen molar-refractivity contribution in [2.45, 2.75) is 26.4 Å². The molecule has 0 bridgehead atoms. The summed E-state index contributed by atoms with van der Waals surface area (Å²) in [6.45, 7) is 5.91. The summed E-state index contributed by atoms with van der Waals surface area (Å²) >= 11 is 1.74. The van der Waals surface area contributed by atoms with E-state index in [4.69, 9.17) is 4.74 Å². The van der Waals surface area contributed by atoms with Gasteiger partial charge in [0.15, 0.2) is 0 Å². The summed E-state index contributed by atoms with van der Waals surface area (Å²) in [5, 5.41) is 9.42. The van der Waals surface area contributed by atoms with Crippen LogP contribution in [0.5, 0.6) is 5.88 Å². The Labute approximate surface area is 101 Å². The quantitative estimate of drug-likeness (QED) is 0.823. The Morgan fingerprint density at radius 2 is 2.20 bits per heavy atom. The first kappa shape index (κ1) is 12.4. The van der Waals surface area contributed by atoms with Gasteiger partial charge in [-0.25, -0.2) is 0 Å². The number of ether oxygens (including phenoxy) is 1. The van der Waals surface area contributed by atoms with Gasteiger partial charge in [0, 0.05) is 6.61 Å². The molecule has 1 heterocycles. The first-order chi connectivity index (χ1) is 6.88. The predicted molar refractivity (Wildman–Crippen MR) is 63.9 cm³/mol. The molecule has 0 saturated carbocycles. The molecule has 6 heteroatoms. The van der Waals surface area contributed by atoms with Crippen molar-refractivity contribution < 1.29 is 9.84 Å². The van der Waals surface area contributed by atoms with Crippen molar-refractivity contribution in [2.24, 2.45) is 0 Å². The topological polar surface area (TPSA) is 75.2 Å². The first-order valence-electron chi connectivity index (χ1n) is 4.51. The van der Waals surface area contributed by atoms with E-state index < -0.39 is 5.60 Å². The maximum atomic E-state index is 11.4. The van der Waals surface area contributed by atoms with Gasteiger partial charge in [-0.05, 0) is 43.4 Å². The van der Waals surface area contributed by atoms with Crippen LogP contribution in [0.25, 0.3) is 0 Å². The van der Waals surface area contributed by atoms with Crippen molar-refractivity contribution in [3.05, 3.63) is 19.7 Å². The van der Waals surface area contributed by atoms with E-state index in [-0.39, 0.29) is 15.0 Å². The van der Waals surface area contributed by atoms with Crippen LogP contribution in [0, 0.1) is 3.57 Å². The van der Waals surface area contributed by atoms with Gasteiger partial charge in [-0.15, -0.1) is 0 Å². The van der Waals surface area contributed by atoms with Crippen molar-refractivity contribution >= 4 is 22.6 Å². The Bertz CT molecular complexity index is 414. The third-order valence-corrected chi connectivity index (χ3v) is 2.89. The molecular formula is C9H13IN2O3. The van der Waals surface area contributed by atoms with Crippen molar-refractivity contribution in [3.63, 3.8) is 0 Å². The number of hydrogen-bond donors (Lipinski definition) is 2. The van der Waals surface area contributed by atoms with Crippen LogP contribution in [0.2, 0.25) is 0 Å². The summed E-state index contributed by atoms with van der Waals surface area (Å²) in [5.41, 5.74) is -1.07. The molecule has 5 nitrogen and oxygen atoms in total. The minimum absolute atomic E-state index is 0.184. The summed E-state index contributed by atoms with van der Waals surface area (Å²) in [7, 11) is 0. The molecule has 1 rings (SSSR count). The standard InChI is InChI=1S/C9H13IN2O3/c1-4-15-9(2,3)8-11-6(13)5(10)7(14)12-8/h4H2,1-3H3,(H2,11,12,13,14). The molecule has 0 atom stereocenters. The van der Waals surface area contributed by atoms with Gasteiger partial charge in [0.05, 0.1) is 0 Å². The second kappa shape index (κ2) is 4.48. The van der Waals surface area contributed by atoms with E-state index in [1.165, 1.54) is 0 Å². The zero-order valence-electron chi connectivity index (χ0n) is 8.80. The summed E-state index contributed by atoms with van der Waals surface area (Å²) in [5.74, 6) is 0.0643. The zero-order valence-corrected chi connectivity index (χ0v) is 11.0. The molecule has 1 aromatic rings. The second-order valence-corrected chi connectivity index (χ2v) is 4.57. The van der Waals surface area contributed by atoms with Crippen LogP contribution in [-0.2, 0) is 10.3 Å². The zero-order chi connectivity index (χ0) is 11.6. The highest BCUT2D eigenvalue weighted by molar-refractivity contribution is 14.1. The predicted octanol–water partition coefficient (Wildman–Crippen LogP) is 1.35. The van der Waals surface area contributed by atoms with Crippen molar-refractivity contribution in [3.8, 4) is 5.88 Å². The molecule has 1 aromatic heterocycles. The Morgan fingerprint density at radius 1 is 1.60 bits per heavy atom. The molecule has 0 fully saturated rings. The van der Waals surface area contributed by atoms with E-state index >= 15 is 0 Å². The van der Waals surface area contributed by atoms with Gasteiger partial charge in [-0.2, -0.15) is 4.98 Å². The monoisotopic (exact) mass is 324 g/mol. The SMILES string of the molecule is CCOC(C)(C)c1nc(O)c(I)c(=O)[nH]1. The number of rotatable bonds is 3.